The molecule has 112 valence electrons. The maximum Gasteiger partial charge on any atom is 0.303 e. The van der Waals surface area contributed by atoms with Gasteiger partial charge in [-0.3, -0.25) is 4.79 Å². The summed E-state index contributed by atoms with van der Waals surface area (Å²) in [4.78, 5) is 10.4. The van der Waals surface area contributed by atoms with Crippen LogP contribution in [0.4, 0.5) is 0 Å². The van der Waals surface area contributed by atoms with E-state index in [1.807, 2.05) is 18.3 Å². The van der Waals surface area contributed by atoms with Crippen LogP contribution < -0.4 is 0 Å². The molecule has 0 aliphatic heterocycles. The van der Waals surface area contributed by atoms with Gasteiger partial charge in [-0.1, -0.05) is 31.2 Å². The summed E-state index contributed by atoms with van der Waals surface area (Å²) in [7, 11) is 0. The van der Waals surface area contributed by atoms with Crippen molar-refractivity contribution in [3.8, 4) is 5.69 Å². The molecule has 5 nitrogen and oxygen atoms in total. The summed E-state index contributed by atoms with van der Waals surface area (Å²) < 4.78 is 1.76. The van der Waals surface area contributed by atoms with Gasteiger partial charge in [-0.05, 0) is 42.9 Å². The highest BCUT2D eigenvalue weighted by molar-refractivity contribution is 5.66. The summed E-state index contributed by atoms with van der Waals surface area (Å²) in [5, 5.41) is 16.9. The number of benzene rings is 1. The monoisotopic (exact) mass is 287 g/mol. The summed E-state index contributed by atoms with van der Waals surface area (Å²) in [6.07, 6.45) is 4.37. The van der Waals surface area contributed by atoms with Crippen LogP contribution >= 0.6 is 0 Å². The van der Waals surface area contributed by atoms with Crippen molar-refractivity contribution >= 4 is 5.97 Å². The molecule has 1 aromatic carbocycles. The predicted molar refractivity (Wildman–Crippen MR) is 80.6 cm³/mol. The molecule has 2 aromatic rings. The number of hydrogen-bond donors (Lipinski definition) is 1. The molecule has 1 N–H and O–H groups in total. The Morgan fingerprint density at radius 1 is 1.24 bits per heavy atom. The largest absolute Gasteiger partial charge is 0.481 e. The van der Waals surface area contributed by atoms with Crippen molar-refractivity contribution in [3.63, 3.8) is 0 Å². The SMILES string of the molecule is CC(C)c1ccc(-n2cc(CCCCC(=O)O)nn2)cc1. The van der Waals surface area contributed by atoms with E-state index in [1.165, 1.54) is 5.56 Å². The fourth-order valence-electron chi connectivity index (χ4n) is 2.13. The second-order valence-electron chi connectivity index (χ2n) is 5.50. The van der Waals surface area contributed by atoms with E-state index in [-0.39, 0.29) is 6.42 Å². The Labute approximate surface area is 124 Å². The van der Waals surface area contributed by atoms with Crippen molar-refractivity contribution in [1.29, 1.82) is 0 Å². The number of carboxylic acids is 1. The average molecular weight is 287 g/mol. The maximum absolute atomic E-state index is 10.4. The standard InChI is InChI=1S/C16H21N3O2/c1-12(2)13-7-9-15(10-8-13)19-11-14(17-18-19)5-3-4-6-16(20)21/h7-12H,3-6H2,1-2H3,(H,20,21). The van der Waals surface area contributed by atoms with E-state index in [0.29, 0.717) is 12.3 Å². The third-order valence-corrected chi connectivity index (χ3v) is 3.44. The molecule has 0 aliphatic rings. The van der Waals surface area contributed by atoms with E-state index >= 15 is 0 Å². The van der Waals surface area contributed by atoms with Crippen molar-refractivity contribution in [2.75, 3.05) is 0 Å². The van der Waals surface area contributed by atoms with Crippen molar-refractivity contribution in [1.82, 2.24) is 15.0 Å². The van der Waals surface area contributed by atoms with Crippen LogP contribution in [0.25, 0.3) is 5.69 Å². The highest BCUT2D eigenvalue weighted by Crippen LogP contribution is 2.16. The first-order valence-electron chi connectivity index (χ1n) is 7.29. The molecule has 0 spiro atoms. The zero-order chi connectivity index (χ0) is 15.2. The number of unbranched alkanes of at least 4 members (excludes halogenated alkanes) is 1. The van der Waals surface area contributed by atoms with Crippen LogP contribution in [-0.2, 0) is 11.2 Å². The smallest absolute Gasteiger partial charge is 0.303 e. The molecule has 0 saturated carbocycles. The molecule has 0 radical (unpaired) electrons. The van der Waals surface area contributed by atoms with Gasteiger partial charge in [0.15, 0.2) is 0 Å². The van der Waals surface area contributed by atoms with Crippen LogP contribution in [0.15, 0.2) is 30.5 Å². The minimum atomic E-state index is -0.746. The summed E-state index contributed by atoms with van der Waals surface area (Å²) in [5.74, 6) is -0.233. The van der Waals surface area contributed by atoms with Gasteiger partial charge in [0.25, 0.3) is 0 Å². The molecular weight excluding hydrogens is 266 g/mol. The Balaban J connectivity index is 1.94. The molecule has 0 atom stereocenters. The zero-order valence-electron chi connectivity index (χ0n) is 12.5. The number of aromatic nitrogens is 3. The third kappa shape index (κ3) is 4.41. The number of carbonyl (C=O) groups is 1. The Morgan fingerprint density at radius 2 is 1.95 bits per heavy atom. The number of hydrogen-bond acceptors (Lipinski definition) is 3. The topological polar surface area (TPSA) is 68.0 Å². The maximum atomic E-state index is 10.4. The molecule has 0 unspecified atom stereocenters. The van der Waals surface area contributed by atoms with Gasteiger partial charge in [0, 0.05) is 6.42 Å². The van der Waals surface area contributed by atoms with E-state index < -0.39 is 5.97 Å². The number of aliphatic carboxylic acids is 1. The van der Waals surface area contributed by atoms with Gasteiger partial charge in [0.1, 0.15) is 0 Å². The van der Waals surface area contributed by atoms with Gasteiger partial charge < -0.3 is 5.11 Å². The lowest BCUT2D eigenvalue weighted by Gasteiger charge is -2.06. The van der Waals surface area contributed by atoms with Crippen LogP contribution in [-0.4, -0.2) is 26.1 Å². The second kappa shape index (κ2) is 7.02. The number of nitrogens with zero attached hydrogens (tertiary/aromatic N) is 3. The fourth-order valence-corrected chi connectivity index (χ4v) is 2.13. The number of rotatable bonds is 7. The first-order valence-corrected chi connectivity index (χ1v) is 7.29. The number of aryl methyl sites for hydroxylation is 1. The van der Waals surface area contributed by atoms with Crippen molar-refractivity contribution in [2.24, 2.45) is 0 Å². The molecule has 2 rings (SSSR count). The molecule has 0 aliphatic carbocycles. The van der Waals surface area contributed by atoms with Crippen LogP contribution in [0.5, 0.6) is 0 Å². The summed E-state index contributed by atoms with van der Waals surface area (Å²) in [6.45, 7) is 4.33. The first kappa shape index (κ1) is 15.2. The van der Waals surface area contributed by atoms with Crippen molar-refractivity contribution < 1.29 is 9.90 Å². The molecule has 0 bridgehead atoms. The first-order chi connectivity index (χ1) is 10.1. The van der Waals surface area contributed by atoms with Gasteiger partial charge in [-0.15, -0.1) is 5.10 Å². The summed E-state index contributed by atoms with van der Waals surface area (Å²) in [6, 6.07) is 8.29. The molecule has 5 heteroatoms. The lowest BCUT2D eigenvalue weighted by atomic mass is 10.0. The van der Waals surface area contributed by atoms with Gasteiger partial charge >= 0.3 is 5.97 Å². The highest BCUT2D eigenvalue weighted by Gasteiger charge is 2.05. The number of carboxylic acid groups (broad SMARTS) is 1. The van der Waals surface area contributed by atoms with Crippen LogP contribution in [0.2, 0.25) is 0 Å². The van der Waals surface area contributed by atoms with Gasteiger partial charge in [0.05, 0.1) is 17.6 Å². The normalized spacial score (nSPS) is 11.0. The van der Waals surface area contributed by atoms with E-state index in [0.717, 1.165) is 24.2 Å². The molecule has 1 aromatic heterocycles. The Morgan fingerprint density at radius 3 is 2.57 bits per heavy atom. The molecule has 21 heavy (non-hydrogen) atoms. The lowest BCUT2D eigenvalue weighted by Crippen LogP contribution is -1.96. The molecule has 0 fully saturated rings. The van der Waals surface area contributed by atoms with Crippen LogP contribution in [0.1, 0.15) is 50.3 Å². The minimum Gasteiger partial charge on any atom is -0.481 e. The van der Waals surface area contributed by atoms with Crippen LogP contribution in [0, 0.1) is 0 Å². The summed E-state index contributed by atoms with van der Waals surface area (Å²) >= 11 is 0. The average Bonchev–Trinajstić information content (AvgIpc) is 2.92. The van der Waals surface area contributed by atoms with E-state index in [2.05, 4.69) is 36.3 Å². The van der Waals surface area contributed by atoms with Gasteiger partial charge in [-0.25, -0.2) is 4.68 Å². The second-order valence-corrected chi connectivity index (χ2v) is 5.50. The predicted octanol–water partition coefficient (Wildman–Crippen LogP) is 3.19. The Kier molecular flexibility index (Phi) is 5.09. The molecule has 0 amide bonds. The van der Waals surface area contributed by atoms with Crippen LogP contribution in [0.3, 0.4) is 0 Å². The van der Waals surface area contributed by atoms with Gasteiger partial charge in [-0.2, -0.15) is 0 Å². The fraction of sp³-hybridized carbons (Fsp3) is 0.438. The van der Waals surface area contributed by atoms with Gasteiger partial charge in [0.2, 0.25) is 0 Å². The highest BCUT2D eigenvalue weighted by atomic mass is 16.4. The lowest BCUT2D eigenvalue weighted by molar-refractivity contribution is -0.137. The molecule has 0 saturated heterocycles. The zero-order valence-corrected chi connectivity index (χ0v) is 12.5. The summed E-state index contributed by atoms with van der Waals surface area (Å²) in [5.41, 5.74) is 3.18. The third-order valence-electron chi connectivity index (χ3n) is 3.44. The quantitative estimate of drug-likeness (QED) is 0.794. The van der Waals surface area contributed by atoms with Crippen molar-refractivity contribution in [3.05, 3.63) is 41.7 Å². The van der Waals surface area contributed by atoms with Crippen molar-refractivity contribution in [2.45, 2.75) is 45.4 Å². The Bertz CT molecular complexity index is 588. The minimum absolute atomic E-state index is 0.213. The molecular formula is C16H21N3O2. The Hall–Kier alpha value is -2.17. The van der Waals surface area contributed by atoms with E-state index in [1.54, 1.807) is 4.68 Å². The van der Waals surface area contributed by atoms with E-state index in [4.69, 9.17) is 5.11 Å². The van der Waals surface area contributed by atoms with E-state index in [9.17, 15) is 4.79 Å². The molecule has 1 heterocycles.